The maximum absolute atomic E-state index is 12.8. The van der Waals surface area contributed by atoms with Gasteiger partial charge in [-0.05, 0) is 44.8 Å². The average molecular weight is 377 g/mol. The van der Waals surface area contributed by atoms with Crippen molar-refractivity contribution in [2.24, 2.45) is 0 Å². The van der Waals surface area contributed by atoms with E-state index in [1.165, 1.54) is 6.20 Å². The molecular weight excluding hydrogens is 356 g/mol. The number of para-hydroxylation sites is 1. The van der Waals surface area contributed by atoms with Gasteiger partial charge in [-0.2, -0.15) is 0 Å². The Balaban J connectivity index is 0.00000225. The Kier molecular flexibility index (Phi) is 5.83. The van der Waals surface area contributed by atoms with E-state index < -0.39 is 9.84 Å². The Morgan fingerprint density at radius 3 is 2.28 bits per heavy atom. The van der Waals surface area contributed by atoms with Gasteiger partial charge in [0.25, 0.3) is 0 Å². The molecule has 0 bridgehead atoms. The van der Waals surface area contributed by atoms with Crippen molar-refractivity contribution in [3.8, 4) is 0 Å². The van der Waals surface area contributed by atoms with E-state index in [1.807, 2.05) is 32.3 Å². The fourth-order valence-corrected chi connectivity index (χ4v) is 3.92. The maximum Gasteiger partial charge on any atom is 0.208 e. The first-order valence-corrected chi connectivity index (χ1v) is 9.25. The highest BCUT2D eigenvalue weighted by Gasteiger charge is 2.19. The Morgan fingerprint density at radius 1 is 0.960 bits per heavy atom. The smallest absolute Gasteiger partial charge is 0.208 e. The zero-order valence-corrected chi connectivity index (χ0v) is 16.0. The van der Waals surface area contributed by atoms with E-state index in [2.05, 4.69) is 16.8 Å². The minimum atomic E-state index is -3.55. The summed E-state index contributed by atoms with van der Waals surface area (Å²) in [5, 5.41) is 0.832. The van der Waals surface area contributed by atoms with Crippen LogP contribution in [-0.4, -0.2) is 32.4 Å². The van der Waals surface area contributed by atoms with Crippen LogP contribution in [0.2, 0.25) is 0 Å². The summed E-state index contributed by atoms with van der Waals surface area (Å²) in [6, 6.07) is 16.2. The van der Waals surface area contributed by atoms with Gasteiger partial charge in [-0.15, -0.1) is 12.4 Å². The van der Waals surface area contributed by atoms with E-state index in [1.54, 1.807) is 36.4 Å². The lowest BCUT2D eigenvalue weighted by Gasteiger charge is -2.21. The van der Waals surface area contributed by atoms with Gasteiger partial charge in [0.2, 0.25) is 9.84 Å². The van der Waals surface area contributed by atoms with Crippen LogP contribution >= 0.6 is 12.4 Å². The summed E-state index contributed by atoms with van der Waals surface area (Å²) < 4.78 is 25.5. The van der Waals surface area contributed by atoms with Gasteiger partial charge < -0.3 is 4.90 Å². The van der Waals surface area contributed by atoms with Crippen LogP contribution in [0.25, 0.3) is 10.9 Å². The monoisotopic (exact) mass is 376 g/mol. The molecule has 2 aromatic carbocycles. The van der Waals surface area contributed by atoms with Crippen LogP contribution < -0.4 is 0 Å². The normalized spacial score (nSPS) is 12.8. The molecule has 1 unspecified atom stereocenters. The topological polar surface area (TPSA) is 50.3 Å². The third-order valence-corrected chi connectivity index (χ3v) is 6.04. The summed E-state index contributed by atoms with van der Waals surface area (Å²) in [5.74, 6) is 0. The van der Waals surface area contributed by atoms with Crippen molar-refractivity contribution in [3.63, 3.8) is 0 Å². The number of aromatic nitrogens is 1. The number of hydrogen-bond acceptors (Lipinski definition) is 4. The Hall–Kier alpha value is -1.95. The van der Waals surface area contributed by atoms with Gasteiger partial charge in [0.15, 0.2) is 0 Å². The fourth-order valence-electron chi connectivity index (χ4n) is 2.66. The van der Waals surface area contributed by atoms with Crippen LogP contribution in [-0.2, 0) is 9.84 Å². The second-order valence-corrected chi connectivity index (χ2v) is 8.00. The van der Waals surface area contributed by atoms with Gasteiger partial charge in [-0.1, -0.05) is 36.4 Å². The summed E-state index contributed by atoms with van der Waals surface area (Å²) >= 11 is 0. The van der Waals surface area contributed by atoms with E-state index in [0.717, 1.165) is 16.5 Å². The van der Waals surface area contributed by atoms with E-state index >= 15 is 0 Å². The molecule has 0 aliphatic heterocycles. The molecule has 132 valence electrons. The molecule has 0 saturated carbocycles. The van der Waals surface area contributed by atoms with Crippen LogP contribution in [0.1, 0.15) is 18.5 Å². The molecule has 0 N–H and O–H groups in total. The molecule has 4 nitrogen and oxygen atoms in total. The van der Waals surface area contributed by atoms with Gasteiger partial charge in [0.05, 0.1) is 15.3 Å². The van der Waals surface area contributed by atoms with Gasteiger partial charge in [0.1, 0.15) is 0 Å². The second kappa shape index (κ2) is 7.52. The fraction of sp³-hybridized carbons (Fsp3) is 0.211. The number of nitrogens with zero attached hydrogens (tertiary/aromatic N) is 2. The number of fused-ring (bicyclic) bond motifs is 1. The number of hydrogen-bond donors (Lipinski definition) is 0. The molecule has 6 heteroatoms. The molecule has 1 heterocycles. The van der Waals surface area contributed by atoms with Crippen LogP contribution in [0, 0.1) is 0 Å². The molecule has 0 radical (unpaired) electrons. The molecule has 3 rings (SSSR count). The molecule has 3 aromatic rings. The summed E-state index contributed by atoms with van der Waals surface area (Å²) in [6.45, 7) is 2.10. The largest absolute Gasteiger partial charge is 0.303 e. The molecule has 0 fully saturated rings. The van der Waals surface area contributed by atoms with Crippen molar-refractivity contribution in [1.29, 1.82) is 0 Å². The minimum absolute atomic E-state index is 0. The molecular formula is C19H21ClN2O2S. The highest BCUT2D eigenvalue weighted by Crippen LogP contribution is 2.28. The van der Waals surface area contributed by atoms with Crippen molar-refractivity contribution in [3.05, 3.63) is 66.4 Å². The number of benzene rings is 2. The molecule has 0 aliphatic rings. The van der Waals surface area contributed by atoms with Crippen molar-refractivity contribution < 1.29 is 8.42 Å². The van der Waals surface area contributed by atoms with Crippen molar-refractivity contribution >= 4 is 33.1 Å². The molecule has 0 saturated heterocycles. The van der Waals surface area contributed by atoms with Crippen molar-refractivity contribution in [2.75, 3.05) is 14.1 Å². The number of halogens is 1. The van der Waals surface area contributed by atoms with Gasteiger partial charge >= 0.3 is 0 Å². The number of sulfone groups is 1. The van der Waals surface area contributed by atoms with E-state index in [4.69, 9.17) is 0 Å². The zero-order valence-electron chi connectivity index (χ0n) is 14.4. The molecule has 0 spiro atoms. The lowest BCUT2D eigenvalue weighted by molar-refractivity contribution is 0.322. The van der Waals surface area contributed by atoms with Crippen LogP contribution in [0.3, 0.4) is 0 Å². The third kappa shape index (κ3) is 3.68. The average Bonchev–Trinajstić information content (AvgIpc) is 2.60. The van der Waals surface area contributed by atoms with E-state index in [9.17, 15) is 8.42 Å². The number of rotatable bonds is 4. The lowest BCUT2D eigenvalue weighted by atomic mass is 10.0. The summed E-state index contributed by atoms with van der Waals surface area (Å²) in [6.07, 6.45) is 1.45. The van der Waals surface area contributed by atoms with Crippen LogP contribution in [0.4, 0.5) is 0 Å². The second-order valence-electron chi connectivity index (χ2n) is 6.05. The van der Waals surface area contributed by atoms with E-state index in [-0.39, 0.29) is 28.2 Å². The quantitative estimate of drug-likeness (QED) is 0.687. The predicted octanol–water partition coefficient (Wildman–Crippen LogP) is 4.11. The van der Waals surface area contributed by atoms with Crippen LogP contribution in [0.5, 0.6) is 0 Å². The Bertz CT molecular complexity index is 973. The minimum Gasteiger partial charge on any atom is -0.303 e. The first-order valence-electron chi connectivity index (χ1n) is 7.76. The summed E-state index contributed by atoms with van der Waals surface area (Å²) in [5.41, 5.74) is 1.92. The highest BCUT2D eigenvalue weighted by atomic mass is 35.5. The lowest BCUT2D eigenvalue weighted by Crippen LogP contribution is -2.17. The van der Waals surface area contributed by atoms with Gasteiger partial charge in [-0.25, -0.2) is 8.42 Å². The molecule has 0 amide bonds. The van der Waals surface area contributed by atoms with Crippen LogP contribution in [0.15, 0.2) is 70.6 Å². The SMILES string of the molecule is CC(c1cccc2cc(S(=O)(=O)c3ccccc3)cnc12)N(C)C.Cl. The van der Waals surface area contributed by atoms with Gasteiger partial charge in [-0.3, -0.25) is 4.98 Å². The third-order valence-electron chi connectivity index (χ3n) is 4.31. The van der Waals surface area contributed by atoms with E-state index in [0.29, 0.717) is 0 Å². The molecule has 1 aromatic heterocycles. The first kappa shape index (κ1) is 19.4. The number of pyridine rings is 1. The van der Waals surface area contributed by atoms with Crippen molar-refractivity contribution in [1.82, 2.24) is 9.88 Å². The Morgan fingerprint density at radius 2 is 1.64 bits per heavy atom. The maximum atomic E-state index is 12.8. The molecule has 25 heavy (non-hydrogen) atoms. The highest BCUT2D eigenvalue weighted by molar-refractivity contribution is 7.91. The standard InChI is InChI=1S/C19H20N2O2S.ClH/c1-14(21(2)3)18-11-7-8-15-12-17(13-20-19(15)18)24(22,23)16-9-5-4-6-10-16;/h4-14H,1-3H3;1H. The Labute approximate surface area is 154 Å². The summed E-state index contributed by atoms with van der Waals surface area (Å²) in [4.78, 5) is 7.07. The zero-order chi connectivity index (χ0) is 17.3. The summed E-state index contributed by atoms with van der Waals surface area (Å²) in [7, 11) is 0.470. The van der Waals surface area contributed by atoms with Crippen molar-refractivity contribution in [2.45, 2.75) is 22.8 Å². The van der Waals surface area contributed by atoms with Gasteiger partial charge in [0, 0.05) is 17.6 Å². The molecule has 1 atom stereocenters. The molecule has 0 aliphatic carbocycles. The first-order chi connectivity index (χ1) is 11.4. The predicted molar refractivity (Wildman–Crippen MR) is 103 cm³/mol.